The summed E-state index contributed by atoms with van der Waals surface area (Å²) in [6.07, 6.45) is -0.684. The van der Waals surface area contributed by atoms with Crippen molar-refractivity contribution in [2.45, 2.75) is 20.4 Å². The molecule has 8 heteroatoms. The van der Waals surface area contributed by atoms with Crippen molar-refractivity contribution in [2.24, 2.45) is 0 Å². The van der Waals surface area contributed by atoms with Gasteiger partial charge in [-0.15, -0.1) is 11.8 Å². The number of thioether (sulfide) groups is 1. The van der Waals surface area contributed by atoms with E-state index >= 15 is 0 Å². The standard InChI is InChI=1S/C16H20N2O5S/c1-3-22-14(19)11-24-10-9-17-12-7-5-6-8-13(12)18(15(17)20)16(21)23-4-2/h5-8H,3-4,9-11H2,1-2H3. The van der Waals surface area contributed by atoms with Gasteiger partial charge in [-0.25, -0.2) is 9.59 Å². The molecule has 7 nitrogen and oxygen atoms in total. The molecule has 1 heterocycles. The fraction of sp³-hybridized carbons (Fsp3) is 0.438. The number of aromatic nitrogens is 2. The van der Waals surface area contributed by atoms with Crippen molar-refractivity contribution in [1.29, 1.82) is 0 Å². The van der Waals surface area contributed by atoms with Crippen LogP contribution in [-0.4, -0.2) is 45.9 Å². The highest BCUT2D eigenvalue weighted by Gasteiger charge is 2.18. The second-order valence-corrected chi connectivity index (χ2v) is 5.92. The van der Waals surface area contributed by atoms with Crippen LogP contribution in [0.3, 0.4) is 0 Å². The lowest BCUT2D eigenvalue weighted by Gasteiger charge is -2.04. The number of nitrogens with zero attached hydrogens (tertiary/aromatic N) is 2. The number of imidazole rings is 1. The molecular formula is C16H20N2O5S. The van der Waals surface area contributed by atoms with Gasteiger partial charge in [0.25, 0.3) is 0 Å². The zero-order chi connectivity index (χ0) is 17.5. The highest BCUT2D eigenvalue weighted by Crippen LogP contribution is 2.14. The van der Waals surface area contributed by atoms with E-state index in [0.717, 1.165) is 4.57 Å². The Kier molecular flexibility index (Phi) is 6.48. The van der Waals surface area contributed by atoms with Crippen LogP contribution in [0.1, 0.15) is 13.8 Å². The van der Waals surface area contributed by atoms with E-state index in [-0.39, 0.29) is 18.3 Å². The first-order valence-electron chi connectivity index (χ1n) is 7.70. The molecule has 0 aliphatic rings. The number of benzene rings is 1. The Labute approximate surface area is 143 Å². The fourth-order valence-electron chi connectivity index (χ4n) is 2.30. The second kappa shape index (κ2) is 8.58. The van der Waals surface area contributed by atoms with Crippen molar-refractivity contribution >= 4 is 34.9 Å². The molecule has 0 N–H and O–H groups in total. The van der Waals surface area contributed by atoms with Gasteiger partial charge in [0.1, 0.15) is 0 Å². The largest absolute Gasteiger partial charge is 0.465 e. The average Bonchev–Trinajstić information content (AvgIpc) is 2.84. The van der Waals surface area contributed by atoms with Crippen LogP contribution >= 0.6 is 11.8 Å². The third-order valence-corrected chi connectivity index (χ3v) is 4.18. The third kappa shape index (κ3) is 4.00. The number of para-hydroxylation sites is 2. The quantitative estimate of drug-likeness (QED) is 0.561. The number of hydrogen-bond donors (Lipinski definition) is 0. The number of carbonyl (C=O) groups excluding carboxylic acids is 2. The predicted octanol–water partition coefficient (Wildman–Crippen LogP) is 2.10. The van der Waals surface area contributed by atoms with Crippen LogP contribution in [0, 0.1) is 0 Å². The SMILES string of the molecule is CCOC(=O)CSCCn1c(=O)n(C(=O)OCC)c2ccccc21. The highest BCUT2D eigenvalue weighted by atomic mass is 32.2. The maximum atomic E-state index is 12.6. The number of rotatable bonds is 7. The lowest BCUT2D eigenvalue weighted by Crippen LogP contribution is -2.30. The summed E-state index contributed by atoms with van der Waals surface area (Å²) in [6.45, 7) is 4.38. The summed E-state index contributed by atoms with van der Waals surface area (Å²) in [4.78, 5) is 35.9. The van der Waals surface area contributed by atoms with Gasteiger partial charge in [-0.1, -0.05) is 12.1 Å². The minimum absolute atomic E-state index is 0.195. The number of esters is 1. The third-order valence-electron chi connectivity index (χ3n) is 3.27. The lowest BCUT2D eigenvalue weighted by molar-refractivity contribution is -0.139. The Morgan fingerprint density at radius 1 is 1.08 bits per heavy atom. The normalized spacial score (nSPS) is 10.8. The van der Waals surface area contributed by atoms with Gasteiger partial charge < -0.3 is 9.47 Å². The molecule has 130 valence electrons. The molecular weight excluding hydrogens is 332 g/mol. The summed E-state index contributed by atoms with van der Waals surface area (Å²) in [7, 11) is 0. The van der Waals surface area contributed by atoms with E-state index in [1.54, 1.807) is 38.1 Å². The second-order valence-electron chi connectivity index (χ2n) is 4.81. The first kappa shape index (κ1) is 18.1. The van der Waals surface area contributed by atoms with E-state index in [4.69, 9.17) is 9.47 Å². The molecule has 24 heavy (non-hydrogen) atoms. The molecule has 0 aliphatic heterocycles. The van der Waals surface area contributed by atoms with Gasteiger partial charge in [0.15, 0.2) is 0 Å². The van der Waals surface area contributed by atoms with Crippen molar-refractivity contribution in [3.63, 3.8) is 0 Å². The van der Waals surface area contributed by atoms with Crippen molar-refractivity contribution in [2.75, 3.05) is 24.7 Å². The summed E-state index contributed by atoms with van der Waals surface area (Å²) in [5.41, 5.74) is 0.731. The van der Waals surface area contributed by atoms with E-state index in [0.29, 0.717) is 29.9 Å². The summed E-state index contributed by atoms with van der Waals surface area (Å²) in [5.74, 6) is 0.512. The molecule has 0 radical (unpaired) electrons. The number of carbonyl (C=O) groups is 2. The predicted molar refractivity (Wildman–Crippen MR) is 92.6 cm³/mol. The topological polar surface area (TPSA) is 79.5 Å². The molecule has 0 spiro atoms. The van der Waals surface area contributed by atoms with Gasteiger partial charge >= 0.3 is 17.8 Å². The van der Waals surface area contributed by atoms with Crippen LogP contribution in [0.4, 0.5) is 4.79 Å². The maximum absolute atomic E-state index is 12.6. The molecule has 0 saturated heterocycles. The van der Waals surface area contributed by atoms with Gasteiger partial charge in [0.05, 0.1) is 30.0 Å². The maximum Gasteiger partial charge on any atom is 0.422 e. The average molecular weight is 352 g/mol. The summed E-state index contributed by atoms with van der Waals surface area (Å²) < 4.78 is 12.4. The molecule has 0 fully saturated rings. The van der Waals surface area contributed by atoms with Crippen LogP contribution in [0.5, 0.6) is 0 Å². The Morgan fingerprint density at radius 3 is 2.42 bits per heavy atom. The van der Waals surface area contributed by atoms with E-state index in [2.05, 4.69) is 0 Å². The number of fused-ring (bicyclic) bond motifs is 1. The minimum atomic E-state index is -0.684. The summed E-state index contributed by atoms with van der Waals surface area (Å²) in [5, 5.41) is 0. The molecule has 0 unspecified atom stereocenters. The summed E-state index contributed by atoms with van der Waals surface area (Å²) in [6, 6.07) is 7.05. The van der Waals surface area contributed by atoms with Crippen molar-refractivity contribution < 1.29 is 19.1 Å². The molecule has 0 bridgehead atoms. The highest BCUT2D eigenvalue weighted by molar-refractivity contribution is 7.99. The monoisotopic (exact) mass is 352 g/mol. The van der Waals surface area contributed by atoms with Gasteiger partial charge in [-0.05, 0) is 26.0 Å². The zero-order valence-electron chi connectivity index (χ0n) is 13.7. The van der Waals surface area contributed by atoms with Gasteiger partial charge in [0.2, 0.25) is 0 Å². The van der Waals surface area contributed by atoms with E-state index < -0.39 is 11.8 Å². The van der Waals surface area contributed by atoms with Crippen LogP contribution in [0.25, 0.3) is 11.0 Å². The first-order valence-corrected chi connectivity index (χ1v) is 8.86. The van der Waals surface area contributed by atoms with Crippen LogP contribution < -0.4 is 5.69 Å². The molecule has 1 aromatic carbocycles. The minimum Gasteiger partial charge on any atom is -0.465 e. The van der Waals surface area contributed by atoms with Crippen molar-refractivity contribution in [1.82, 2.24) is 9.13 Å². The van der Waals surface area contributed by atoms with Crippen LogP contribution in [0.2, 0.25) is 0 Å². The number of aryl methyl sites for hydroxylation is 1. The molecule has 0 atom stereocenters. The Hall–Kier alpha value is -2.22. The molecule has 2 aromatic rings. The molecule has 0 aliphatic carbocycles. The van der Waals surface area contributed by atoms with Crippen LogP contribution in [0.15, 0.2) is 29.1 Å². The van der Waals surface area contributed by atoms with E-state index in [1.807, 2.05) is 0 Å². The van der Waals surface area contributed by atoms with Crippen LogP contribution in [-0.2, 0) is 20.8 Å². The van der Waals surface area contributed by atoms with Crippen molar-refractivity contribution in [3.8, 4) is 0 Å². The van der Waals surface area contributed by atoms with E-state index in [1.165, 1.54) is 16.3 Å². The lowest BCUT2D eigenvalue weighted by atomic mass is 10.3. The number of ether oxygens (including phenoxy) is 2. The van der Waals surface area contributed by atoms with Gasteiger partial charge in [-0.2, -0.15) is 4.57 Å². The Morgan fingerprint density at radius 2 is 1.75 bits per heavy atom. The molecule has 0 saturated carbocycles. The molecule has 0 amide bonds. The fourth-order valence-corrected chi connectivity index (χ4v) is 3.01. The molecule has 1 aromatic heterocycles. The summed E-state index contributed by atoms with van der Waals surface area (Å²) >= 11 is 1.38. The van der Waals surface area contributed by atoms with Crippen molar-refractivity contribution in [3.05, 3.63) is 34.7 Å². The van der Waals surface area contributed by atoms with Gasteiger partial charge in [-0.3, -0.25) is 9.36 Å². The zero-order valence-corrected chi connectivity index (χ0v) is 14.5. The van der Waals surface area contributed by atoms with E-state index in [9.17, 15) is 14.4 Å². The first-order chi connectivity index (χ1) is 11.6. The van der Waals surface area contributed by atoms with Gasteiger partial charge in [0, 0.05) is 12.3 Å². The number of hydrogen-bond acceptors (Lipinski definition) is 6. The molecule has 2 rings (SSSR count). The Bertz CT molecular complexity index is 780. The smallest absolute Gasteiger partial charge is 0.422 e. The Balaban J connectivity index is 2.18.